The minimum absolute atomic E-state index is 0.586. The van der Waals surface area contributed by atoms with Crippen LogP contribution in [0.25, 0.3) is 0 Å². The predicted molar refractivity (Wildman–Crippen MR) is 79.1 cm³/mol. The van der Waals surface area contributed by atoms with Gasteiger partial charge in [-0.05, 0) is 52.1 Å². The lowest BCUT2D eigenvalue weighted by Crippen LogP contribution is -2.32. The van der Waals surface area contributed by atoms with Gasteiger partial charge in [0.05, 0.1) is 6.54 Å². The van der Waals surface area contributed by atoms with Crippen LogP contribution in [-0.4, -0.2) is 24.0 Å². The fourth-order valence-corrected chi connectivity index (χ4v) is 2.39. The van der Waals surface area contributed by atoms with Crippen molar-refractivity contribution >= 4 is 0 Å². The fourth-order valence-electron chi connectivity index (χ4n) is 2.39. The van der Waals surface area contributed by atoms with Gasteiger partial charge in [0.1, 0.15) is 11.5 Å². The molecule has 1 N–H and O–H groups in total. The molecular weight excluding hydrogens is 236 g/mol. The predicted octanol–water partition coefficient (Wildman–Crippen LogP) is 3.32. The van der Waals surface area contributed by atoms with E-state index in [4.69, 9.17) is 4.42 Å². The molecule has 0 radical (unpaired) electrons. The molecule has 0 atom stereocenters. The normalized spacial score (nSPS) is 15.7. The molecule has 1 aromatic heterocycles. The Morgan fingerprint density at radius 3 is 2.74 bits per heavy atom. The smallest absolute Gasteiger partial charge is 0.118 e. The van der Waals surface area contributed by atoms with Crippen molar-refractivity contribution in [2.45, 2.75) is 59.7 Å². The van der Waals surface area contributed by atoms with E-state index in [9.17, 15) is 0 Å². The summed E-state index contributed by atoms with van der Waals surface area (Å²) in [5.41, 5.74) is 1.30. The number of hydrogen-bond acceptors (Lipinski definition) is 3. The second kappa shape index (κ2) is 6.58. The highest BCUT2D eigenvalue weighted by Crippen LogP contribution is 2.31. The van der Waals surface area contributed by atoms with Crippen LogP contribution in [-0.2, 0) is 13.1 Å². The quantitative estimate of drug-likeness (QED) is 0.781. The maximum absolute atomic E-state index is 5.91. The van der Waals surface area contributed by atoms with Crippen LogP contribution in [0.2, 0.25) is 0 Å². The Hall–Kier alpha value is -0.800. The Kier molecular flexibility index (Phi) is 5.06. The van der Waals surface area contributed by atoms with Gasteiger partial charge >= 0.3 is 0 Å². The summed E-state index contributed by atoms with van der Waals surface area (Å²) in [6.07, 6.45) is 2.82. The number of hydrogen-bond donors (Lipinski definition) is 1. The number of aryl methyl sites for hydroxylation is 1. The Morgan fingerprint density at radius 1 is 1.42 bits per heavy atom. The standard InChI is InChI=1S/C16H28N2O/c1-5-17-9-15-8-16(19-13(15)4)11-18(12(2)3)10-14-6-7-14/h8,12,14,17H,5-7,9-11H2,1-4H3. The van der Waals surface area contributed by atoms with Crippen LogP contribution in [0.4, 0.5) is 0 Å². The highest BCUT2D eigenvalue weighted by molar-refractivity contribution is 5.20. The van der Waals surface area contributed by atoms with Gasteiger partial charge in [-0.15, -0.1) is 0 Å². The van der Waals surface area contributed by atoms with Crippen LogP contribution in [0, 0.1) is 12.8 Å². The van der Waals surface area contributed by atoms with Gasteiger partial charge in [0.15, 0.2) is 0 Å². The molecule has 1 aliphatic rings. The highest BCUT2D eigenvalue weighted by Gasteiger charge is 2.26. The molecule has 0 aromatic carbocycles. The van der Waals surface area contributed by atoms with E-state index in [1.165, 1.54) is 24.9 Å². The molecule has 0 amide bonds. The Balaban J connectivity index is 1.95. The molecule has 108 valence electrons. The lowest BCUT2D eigenvalue weighted by molar-refractivity contribution is 0.187. The molecule has 1 heterocycles. The van der Waals surface area contributed by atoms with Gasteiger partial charge in [0.2, 0.25) is 0 Å². The zero-order chi connectivity index (χ0) is 13.8. The summed E-state index contributed by atoms with van der Waals surface area (Å²) < 4.78 is 5.91. The first kappa shape index (κ1) is 14.6. The Labute approximate surface area is 117 Å². The summed E-state index contributed by atoms with van der Waals surface area (Å²) in [6.45, 7) is 12.8. The van der Waals surface area contributed by atoms with Crippen LogP contribution < -0.4 is 5.32 Å². The fraction of sp³-hybridized carbons (Fsp3) is 0.750. The van der Waals surface area contributed by atoms with E-state index in [-0.39, 0.29) is 0 Å². The van der Waals surface area contributed by atoms with Gasteiger partial charge in [-0.25, -0.2) is 0 Å². The lowest BCUT2D eigenvalue weighted by atomic mass is 10.2. The third-order valence-electron chi connectivity index (χ3n) is 3.92. The van der Waals surface area contributed by atoms with Crippen LogP contribution >= 0.6 is 0 Å². The minimum atomic E-state index is 0.586. The summed E-state index contributed by atoms with van der Waals surface area (Å²) in [7, 11) is 0. The summed E-state index contributed by atoms with van der Waals surface area (Å²) in [5.74, 6) is 3.10. The number of rotatable bonds is 8. The molecule has 19 heavy (non-hydrogen) atoms. The van der Waals surface area contributed by atoms with E-state index in [1.807, 2.05) is 0 Å². The minimum Gasteiger partial charge on any atom is -0.465 e. The van der Waals surface area contributed by atoms with Crippen LogP contribution in [0.3, 0.4) is 0 Å². The van der Waals surface area contributed by atoms with Crippen LogP contribution in [0.15, 0.2) is 10.5 Å². The van der Waals surface area contributed by atoms with E-state index in [2.05, 4.69) is 44.0 Å². The van der Waals surface area contributed by atoms with Crippen molar-refractivity contribution in [3.8, 4) is 0 Å². The van der Waals surface area contributed by atoms with Crippen molar-refractivity contribution in [3.05, 3.63) is 23.2 Å². The van der Waals surface area contributed by atoms with Gasteiger partial charge in [0.25, 0.3) is 0 Å². The van der Waals surface area contributed by atoms with Crippen molar-refractivity contribution in [2.24, 2.45) is 5.92 Å². The average molecular weight is 264 g/mol. The van der Waals surface area contributed by atoms with Gasteiger partial charge in [0, 0.05) is 24.7 Å². The summed E-state index contributed by atoms with van der Waals surface area (Å²) >= 11 is 0. The Bertz CT molecular complexity index is 393. The van der Waals surface area contributed by atoms with Crippen molar-refractivity contribution < 1.29 is 4.42 Å². The molecular formula is C16H28N2O. The van der Waals surface area contributed by atoms with E-state index in [1.54, 1.807) is 0 Å². The van der Waals surface area contributed by atoms with Gasteiger partial charge < -0.3 is 9.73 Å². The molecule has 1 saturated carbocycles. The van der Waals surface area contributed by atoms with E-state index in [0.717, 1.165) is 37.1 Å². The van der Waals surface area contributed by atoms with E-state index >= 15 is 0 Å². The zero-order valence-electron chi connectivity index (χ0n) is 12.8. The molecule has 1 aromatic rings. The third kappa shape index (κ3) is 4.36. The highest BCUT2D eigenvalue weighted by atomic mass is 16.3. The van der Waals surface area contributed by atoms with E-state index < -0.39 is 0 Å². The van der Waals surface area contributed by atoms with Crippen molar-refractivity contribution in [1.29, 1.82) is 0 Å². The molecule has 2 rings (SSSR count). The molecule has 1 fully saturated rings. The molecule has 0 saturated heterocycles. The number of furan rings is 1. The first-order valence-electron chi connectivity index (χ1n) is 7.63. The lowest BCUT2D eigenvalue weighted by Gasteiger charge is -2.25. The maximum Gasteiger partial charge on any atom is 0.118 e. The third-order valence-corrected chi connectivity index (χ3v) is 3.92. The monoisotopic (exact) mass is 264 g/mol. The SMILES string of the molecule is CCNCc1cc(CN(CC2CC2)C(C)C)oc1C. The number of nitrogens with one attached hydrogen (secondary N) is 1. The molecule has 3 nitrogen and oxygen atoms in total. The molecule has 0 unspecified atom stereocenters. The van der Waals surface area contributed by atoms with Gasteiger partial charge in [-0.1, -0.05) is 6.92 Å². The largest absolute Gasteiger partial charge is 0.465 e. The second-order valence-electron chi connectivity index (χ2n) is 6.04. The first-order chi connectivity index (χ1) is 9.10. The molecule has 0 bridgehead atoms. The summed E-state index contributed by atoms with van der Waals surface area (Å²) in [6, 6.07) is 2.81. The molecule has 3 heteroatoms. The van der Waals surface area contributed by atoms with Gasteiger partial charge in [-0.2, -0.15) is 0 Å². The second-order valence-corrected chi connectivity index (χ2v) is 6.04. The van der Waals surface area contributed by atoms with Crippen molar-refractivity contribution in [3.63, 3.8) is 0 Å². The van der Waals surface area contributed by atoms with Crippen molar-refractivity contribution in [1.82, 2.24) is 10.2 Å². The first-order valence-corrected chi connectivity index (χ1v) is 7.63. The average Bonchev–Trinajstić information content (AvgIpc) is 3.10. The maximum atomic E-state index is 5.91. The van der Waals surface area contributed by atoms with Crippen molar-refractivity contribution in [2.75, 3.05) is 13.1 Å². The summed E-state index contributed by atoms with van der Waals surface area (Å²) in [4.78, 5) is 2.53. The number of nitrogens with zero attached hydrogens (tertiary/aromatic N) is 1. The van der Waals surface area contributed by atoms with Crippen LogP contribution in [0.5, 0.6) is 0 Å². The zero-order valence-corrected chi connectivity index (χ0v) is 12.8. The van der Waals surface area contributed by atoms with E-state index in [0.29, 0.717) is 6.04 Å². The Morgan fingerprint density at radius 2 is 2.16 bits per heavy atom. The summed E-state index contributed by atoms with van der Waals surface area (Å²) in [5, 5.41) is 3.36. The topological polar surface area (TPSA) is 28.4 Å². The van der Waals surface area contributed by atoms with Crippen LogP contribution in [0.1, 0.15) is 50.7 Å². The molecule has 1 aliphatic carbocycles. The van der Waals surface area contributed by atoms with Gasteiger partial charge in [-0.3, -0.25) is 4.90 Å². The molecule has 0 spiro atoms. The molecule has 0 aliphatic heterocycles.